The normalized spacial score (nSPS) is 30.2. The molecule has 1 aliphatic carbocycles. The van der Waals surface area contributed by atoms with E-state index in [1.165, 1.54) is 45.3 Å². The molecule has 1 N–H and O–H groups in total. The van der Waals surface area contributed by atoms with Crippen molar-refractivity contribution in [2.24, 2.45) is 5.92 Å². The molecule has 3 heteroatoms. The van der Waals surface area contributed by atoms with Gasteiger partial charge in [-0.1, -0.05) is 13.3 Å². The molecule has 3 nitrogen and oxygen atoms in total. The van der Waals surface area contributed by atoms with E-state index in [2.05, 4.69) is 36.1 Å². The van der Waals surface area contributed by atoms with E-state index < -0.39 is 0 Å². The zero-order chi connectivity index (χ0) is 12.3. The topological polar surface area (TPSA) is 18.5 Å². The minimum atomic E-state index is 0.749. The van der Waals surface area contributed by atoms with E-state index in [9.17, 15) is 0 Å². The fourth-order valence-corrected chi connectivity index (χ4v) is 3.20. The fraction of sp³-hybridized carbons (Fsp3) is 1.00. The standard InChI is InChI=1S/C14H29N3/c1-4-15-14(12-6-5-7-12)10-13-11-16(2)8-9-17(13)3/h12-15H,4-11H2,1-3H3. The Balaban J connectivity index is 1.86. The van der Waals surface area contributed by atoms with Crippen LogP contribution >= 0.6 is 0 Å². The molecule has 0 radical (unpaired) electrons. The SMILES string of the molecule is CCNC(CC1CN(C)CCN1C)C1CCC1. The monoisotopic (exact) mass is 239 g/mol. The van der Waals surface area contributed by atoms with Crippen molar-refractivity contribution in [1.29, 1.82) is 0 Å². The van der Waals surface area contributed by atoms with E-state index in [0.717, 1.165) is 24.5 Å². The fourth-order valence-electron chi connectivity index (χ4n) is 3.20. The van der Waals surface area contributed by atoms with Crippen LogP contribution in [0, 0.1) is 5.92 Å². The second-order valence-electron chi connectivity index (χ2n) is 5.99. The second-order valence-corrected chi connectivity index (χ2v) is 5.99. The first-order valence-corrected chi connectivity index (χ1v) is 7.33. The molecule has 17 heavy (non-hydrogen) atoms. The molecule has 1 saturated carbocycles. The smallest absolute Gasteiger partial charge is 0.0235 e. The van der Waals surface area contributed by atoms with Gasteiger partial charge in [0, 0.05) is 31.7 Å². The molecule has 2 aliphatic rings. The molecule has 2 atom stereocenters. The molecule has 100 valence electrons. The lowest BCUT2D eigenvalue weighted by atomic mass is 9.77. The molecule has 0 aromatic carbocycles. The third kappa shape index (κ3) is 3.43. The summed E-state index contributed by atoms with van der Waals surface area (Å²) in [5, 5.41) is 3.72. The van der Waals surface area contributed by atoms with Gasteiger partial charge in [-0.15, -0.1) is 0 Å². The van der Waals surface area contributed by atoms with Crippen LogP contribution in [0.15, 0.2) is 0 Å². The van der Waals surface area contributed by atoms with Crippen LogP contribution < -0.4 is 5.32 Å². The van der Waals surface area contributed by atoms with Crippen LogP contribution in [-0.2, 0) is 0 Å². The van der Waals surface area contributed by atoms with Gasteiger partial charge in [0.2, 0.25) is 0 Å². The first-order chi connectivity index (χ1) is 8.20. The lowest BCUT2D eigenvalue weighted by molar-refractivity contribution is 0.0862. The van der Waals surface area contributed by atoms with Crippen molar-refractivity contribution in [2.45, 2.75) is 44.7 Å². The summed E-state index contributed by atoms with van der Waals surface area (Å²) in [6.45, 7) is 7.05. The predicted octanol–water partition coefficient (Wildman–Crippen LogP) is 1.40. The molecule has 1 heterocycles. The van der Waals surface area contributed by atoms with Crippen molar-refractivity contribution in [2.75, 3.05) is 40.3 Å². The van der Waals surface area contributed by atoms with Crippen molar-refractivity contribution >= 4 is 0 Å². The summed E-state index contributed by atoms with van der Waals surface area (Å²) < 4.78 is 0. The van der Waals surface area contributed by atoms with Crippen molar-refractivity contribution in [3.05, 3.63) is 0 Å². The van der Waals surface area contributed by atoms with Gasteiger partial charge in [-0.25, -0.2) is 0 Å². The summed E-state index contributed by atoms with van der Waals surface area (Å²) >= 11 is 0. The van der Waals surface area contributed by atoms with Crippen molar-refractivity contribution in [3.8, 4) is 0 Å². The van der Waals surface area contributed by atoms with E-state index in [-0.39, 0.29) is 0 Å². The van der Waals surface area contributed by atoms with Crippen molar-refractivity contribution in [1.82, 2.24) is 15.1 Å². The zero-order valence-corrected chi connectivity index (χ0v) is 11.8. The summed E-state index contributed by atoms with van der Waals surface area (Å²) in [4.78, 5) is 5.04. The third-order valence-electron chi connectivity index (χ3n) is 4.69. The van der Waals surface area contributed by atoms with Gasteiger partial charge in [-0.05, 0) is 45.8 Å². The summed E-state index contributed by atoms with van der Waals surface area (Å²) in [6, 6.07) is 1.51. The van der Waals surface area contributed by atoms with Crippen LogP contribution in [0.4, 0.5) is 0 Å². The second kappa shape index (κ2) is 6.17. The zero-order valence-electron chi connectivity index (χ0n) is 11.8. The number of nitrogens with zero attached hydrogens (tertiary/aromatic N) is 2. The summed E-state index contributed by atoms with van der Waals surface area (Å²) in [7, 11) is 4.55. The number of nitrogens with one attached hydrogen (secondary N) is 1. The average molecular weight is 239 g/mol. The first kappa shape index (κ1) is 13.3. The average Bonchev–Trinajstić information content (AvgIpc) is 2.21. The predicted molar refractivity (Wildman–Crippen MR) is 73.3 cm³/mol. The molecule has 0 aromatic heterocycles. The lowest BCUT2D eigenvalue weighted by Gasteiger charge is -2.42. The van der Waals surface area contributed by atoms with Crippen molar-refractivity contribution in [3.63, 3.8) is 0 Å². The van der Waals surface area contributed by atoms with E-state index in [1.54, 1.807) is 0 Å². The van der Waals surface area contributed by atoms with E-state index in [1.807, 2.05) is 0 Å². The quantitative estimate of drug-likeness (QED) is 0.782. The van der Waals surface area contributed by atoms with Crippen LogP contribution in [0.2, 0.25) is 0 Å². The molecule has 0 spiro atoms. The Hall–Kier alpha value is -0.120. The molecular formula is C14H29N3. The van der Waals surface area contributed by atoms with Gasteiger partial charge in [-0.2, -0.15) is 0 Å². The molecule has 2 rings (SSSR count). The maximum Gasteiger partial charge on any atom is 0.0235 e. The van der Waals surface area contributed by atoms with Gasteiger partial charge < -0.3 is 15.1 Å². The van der Waals surface area contributed by atoms with Gasteiger partial charge in [0.25, 0.3) is 0 Å². The van der Waals surface area contributed by atoms with Gasteiger partial charge in [0.1, 0.15) is 0 Å². The van der Waals surface area contributed by atoms with Crippen LogP contribution in [0.3, 0.4) is 0 Å². The lowest BCUT2D eigenvalue weighted by Crippen LogP contribution is -2.53. The number of hydrogen-bond acceptors (Lipinski definition) is 3. The number of piperazine rings is 1. The molecular weight excluding hydrogens is 210 g/mol. The van der Waals surface area contributed by atoms with Crippen LogP contribution in [0.1, 0.15) is 32.6 Å². The molecule has 2 fully saturated rings. The summed E-state index contributed by atoms with van der Waals surface area (Å²) in [6.07, 6.45) is 5.68. The summed E-state index contributed by atoms with van der Waals surface area (Å²) in [5.74, 6) is 0.954. The van der Waals surface area contributed by atoms with Gasteiger partial charge in [-0.3, -0.25) is 0 Å². The number of likely N-dealkylation sites (N-methyl/N-ethyl adjacent to an activating group) is 2. The Bertz CT molecular complexity index is 226. The molecule has 0 amide bonds. The van der Waals surface area contributed by atoms with E-state index >= 15 is 0 Å². The third-order valence-corrected chi connectivity index (χ3v) is 4.69. The van der Waals surface area contributed by atoms with E-state index in [4.69, 9.17) is 0 Å². The molecule has 0 aromatic rings. The molecule has 0 bridgehead atoms. The Morgan fingerprint density at radius 2 is 2.00 bits per heavy atom. The Morgan fingerprint density at radius 1 is 1.24 bits per heavy atom. The van der Waals surface area contributed by atoms with E-state index in [0.29, 0.717) is 0 Å². The number of hydrogen-bond donors (Lipinski definition) is 1. The highest BCUT2D eigenvalue weighted by Gasteiger charge is 2.31. The Labute approximate surface area is 107 Å². The highest BCUT2D eigenvalue weighted by molar-refractivity contribution is 4.89. The minimum absolute atomic E-state index is 0.749. The highest BCUT2D eigenvalue weighted by Crippen LogP contribution is 2.32. The Kier molecular flexibility index (Phi) is 4.83. The first-order valence-electron chi connectivity index (χ1n) is 7.33. The maximum absolute atomic E-state index is 3.72. The van der Waals surface area contributed by atoms with Gasteiger partial charge in [0.05, 0.1) is 0 Å². The van der Waals surface area contributed by atoms with Gasteiger partial charge in [0.15, 0.2) is 0 Å². The molecule has 2 unspecified atom stereocenters. The minimum Gasteiger partial charge on any atom is -0.314 e. The number of rotatable bonds is 5. The van der Waals surface area contributed by atoms with Crippen LogP contribution in [0.25, 0.3) is 0 Å². The maximum atomic E-state index is 3.72. The Morgan fingerprint density at radius 3 is 2.59 bits per heavy atom. The summed E-state index contributed by atoms with van der Waals surface area (Å²) in [5.41, 5.74) is 0. The highest BCUT2D eigenvalue weighted by atomic mass is 15.3. The van der Waals surface area contributed by atoms with Gasteiger partial charge >= 0.3 is 0 Å². The molecule has 1 saturated heterocycles. The largest absolute Gasteiger partial charge is 0.314 e. The van der Waals surface area contributed by atoms with Crippen LogP contribution in [0.5, 0.6) is 0 Å². The van der Waals surface area contributed by atoms with Crippen LogP contribution in [-0.4, -0.2) is 62.2 Å². The van der Waals surface area contributed by atoms with Crippen molar-refractivity contribution < 1.29 is 0 Å². The molecule has 1 aliphatic heterocycles.